The summed E-state index contributed by atoms with van der Waals surface area (Å²) in [5.41, 5.74) is -0.577. The summed E-state index contributed by atoms with van der Waals surface area (Å²) in [7, 11) is 1.49. The molecule has 2 aromatic rings. The van der Waals surface area contributed by atoms with Crippen molar-refractivity contribution < 1.29 is 22.7 Å². The first-order valence-corrected chi connectivity index (χ1v) is 6.75. The molecule has 0 saturated carbocycles. The molecule has 122 valence electrons. The lowest BCUT2D eigenvalue weighted by molar-refractivity contribution is -0.137. The van der Waals surface area contributed by atoms with Crippen LogP contribution in [0.15, 0.2) is 48.5 Å². The Kier molecular flexibility index (Phi) is 5.10. The lowest BCUT2D eigenvalue weighted by atomic mass is 10.1. The molecule has 2 aromatic carbocycles. The number of halogens is 3. The van der Waals surface area contributed by atoms with E-state index in [0.29, 0.717) is 11.4 Å². The van der Waals surface area contributed by atoms with Crippen molar-refractivity contribution in [3.8, 4) is 5.75 Å². The summed E-state index contributed by atoms with van der Waals surface area (Å²) < 4.78 is 43.7. The van der Waals surface area contributed by atoms with E-state index in [1.165, 1.54) is 25.3 Å². The highest BCUT2D eigenvalue weighted by molar-refractivity contribution is 5.94. The second-order valence-corrected chi connectivity index (χ2v) is 4.65. The Morgan fingerprint density at radius 2 is 1.65 bits per heavy atom. The van der Waals surface area contributed by atoms with E-state index in [-0.39, 0.29) is 12.2 Å². The second-order valence-electron chi connectivity index (χ2n) is 4.65. The Morgan fingerprint density at radius 1 is 1.04 bits per heavy atom. The van der Waals surface area contributed by atoms with Crippen LogP contribution in [-0.4, -0.2) is 19.6 Å². The minimum absolute atomic E-state index is 0.188. The van der Waals surface area contributed by atoms with E-state index in [1.54, 1.807) is 24.3 Å². The highest BCUT2D eigenvalue weighted by Gasteiger charge is 2.33. The van der Waals surface area contributed by atoms with Gasteiger partial charge in [0, 0.05) is 0 Å². The SMILES string of the molecule is COc1ccccc1NCC(=O)Nc1ccccc1C(F)(F)F. The predicted molar refractivity (Wildman–Crippen MR) is 81.6 cm³/mol. The average Bonchev–Trinajstić information content (AvgIpc) is 2.52. The molecule has 2 rings (SSSR count). The van der Waals surface area contributed by atoms with Crippen LogP contribution in [0.25, 0.3) is 0 Å². The Labute approximate surface area is 131 Å². The van der Waals surface area contributed by atoms with Crippen molar-refractivity contribution in [3.05, 3.63) is 54.1 Å². The van der Waals surface area contributed by atoms with Crippen LogP contribution in [0.5, 0.6) is 5.75 Å². The molecular formula is C16H15F3N2O2. The molecule has 0 fully saturated rings. The normalized spacial score (nSPS) is 11.0. The van der Waals surface area contributed by atoms with Gasteiger partial charge in [0.2, 0.25) is 5.91 Å². The third kappa shape index (κ3) is 4.38. The maximum atomic E-state index is 12.9. The number of para-hydroxylation sites is 3. The van der Waals surface area contributed by atoms with Gasteiger partial charge in [-0.2, -0.15) is 13.2 Å². The van der Waals surface area contributed by atoms with Crippen molar-refractivity contribution in [1.82, 2.24) is 0 Å². The van der Waals surface area contributed by atoms with Crippen molar-refractivity contribution in [3.63, 3.8) is 0 Å². The lowest BCUT2D eigenvalue weighted by Crippen LogP contribution is -2.23. The van der Waals surface area contributed by atoms with E-state index >= 15 is 0 Å². The molecule has 7 heteroatoms. The molecule has 1 amide bonds. The van der Waals surface area contributed by atoms with Gasteiger partial charge in [-0.05, 0) is 24.3 Å². The fourth-order valence-electron chi connectivity index (χ4n) is 2.00. The number of amides is 1. The van der Waals surface area contributed by atoms with Crippen LogP contribution in [-0.2, 0) is 11.0 Å². The third-order valence-corrected chi connectivity index (χ3v) is 3.05. The van der Waals surface area contributed by atoms with Gasteiger partial charge in [-0.25, -0.2) is 0 Å². The fraction of sp³-hybridized carbons (Fsp3) is 0.188. The van der Waals surface area contributed by atoms with Crippen LogP contribution in [0.1, 0.15) is 5.56 Å². The molecule has 0 radical (unpaired) electrons. The van der Waals surface area contributed by atoms with Crippen molar-refractivity contribution in [2.45, 2.75) is 6.18 Å². The largest absolute Gasteiger partial charge is 0.495 e. The fourth-order valence-corrected chi connectivity index (χ4v) is 2.00. The van der Waals surface area contributed by atoms with Crippen LogP contribution >= 0.6 is 0 Å². The zero-order chi connectivity index (χ0) is 16.9. The summed E-state index contributed by atoms with van der Waals surface area (Å²) in [5.74, 6) is -0.0522. The molecule has 23 heavy (non-hydrogen) atoms. The van der Waals surface area contributed by atoms with Gasteiger partial charge >= 0.3 is 6.18 Å². The Morgan fingerprint density at radius 3 is 2.30 bits per heavy atom. The van der Waals surface area contributed by atoms with E-state index in [1.807, 2.05) is 0 Å². The zero-order valence-corrected chi connectivity index (χ0v) is 12.3. The predicted octanol–water partition coefficient (Wildman–Crippen LogP) is 3.76. The number of rotatable bonds is 5. The van der Waals surface area contributed by atoms with Crippen LogP contribution < -0.4 is 15.4 Å². The maximum absolute atomic E-state index is 12.9. The zero-order valence-electron chi connectivity index (χ0n) is 12.3. The number of ether oxygens (including phenoxy) is 1. The van der Waals surface area contributed by atoms with Gasteiger partial charge in [0.15, 0.2) is 0 Å². The molecular weight excluding hydrogens is 309 g/mol. The Bertz CT molecular complexity index is 687. The number of methoxy groups -OCH3 is 1. The first-order valence-electron chi connectivity index (χ1n) is 6.75. The van der Waals surface area contributed by atoms with E-state index in [0.717, 1.165) is 6.07 Å². The highest BCUT2D eigenvalue weighted by Crippen LogP contribution is 2.34. The number of benzene rings is 2. The number of hydrogen-bond donors (Lipinski definition) is 2. The van der Waals surface area contributed by atoms with E-state index in [2.05, 4.69) is 10.6 Å². The third-order valence-electron chi connectivity index (χ3n) is 3.05. The first-order chi connectivity index (χ1) is 10.9. The Balaban J connectivity index is 2.04. The minimum atomic E-state index is -4.53. The van der Waals surface area contributed by atoms with Gasteiger partial charge in [-0.15, -0.1) is 0 Å². The molecule has 4 nitrogen and oxygen atoms in total. The molecule has 0 aliphatic rings. The van der Waals surface area contributed by atoms with Gasteiger partial charge in [0.25, 0.3) is 0 Å². The summed E-state index contributed by atoms with van der Waals surface area (Å²) in [6.45, 7) is -0.188. The molecule has 0 aliphatic heterocycles. The van der Waals surface area contributed by atoms with E-state index in [4.69, 9.17) is 4.74 Å². The Hall–Kier alpha value is -2.70. The highest BCUT2D eigenvalue weighted by atomic mass is 19.4. The first kappa shape index (κ1) is 16.7. The van der Waals surface area contributed by atoms with Gasteiger partial charge < -0.3 is 15.4 Å². The van der Waals surface area contributed by atoms with Crippen LogP contribution in [0.4, 0.5) is 24.5 Å². The van der Waals surface area contributed by atoms with Crippen molar-refractivity contribution in [2.24, 2.45) is 0 Å². The smallest absolute Gasteiger partial charge is 0.418 e. The number of anilines is 2. The number of carbonyl (C=O) groups is 1. The number of alkyl halides is 3. The molecule has 0 heterocycles. The summed E-state index contributed by atoms with van der Waals surface area (Å²) in [6, 6.07) is 11.8. The standard InChI is InChI=1S/C16H15F3N2O2/c1-23-14-9-5-4-8-13(14)20-10-15(22)21-12-7-3-2-6-11(12)16(17,18)19/h2-9,20H,10H2,1H3,(H,21,22). The molecule has 0 saturated heterocycles. The second kappa shape index (κ2) is 7.04. The quantitative estimate of drug-likeness (QED) is 0.880. The minimum Gasteiger partial charge on any atom is -0.495 e. The van der Waals surface area contributed by atoms with E-state index in [9.17, 15) is 18.0 Å². The van der Waals surface area contributed by atoms with Crippen molar-refractivity contribution >= 4 is 17.3 Å². The number of nitrogens with one attached hydrogen (secondary N) is 2. The molecule has 0 bridgehead atoms. The van der Waals surface area contributed by atoms with Crippen LogP contribution in [0.2, 0.25) is 0 Å². The van der Waals surface area contributed by atoms with Gasteiger partial charge in [0.1, 0.15) is 5.75 Å². The van der Waals surface area contributed by atoms with Gasteiger partial charge in [-0.1, -0.05) is 24.3 Å². The summed E-state index contributed by atoms with van der Waals surface area (Å²) in [6.07, 6.45) is -4.53. The van der Waals surface area contributed by atoms with Crippen molar-refractivity contribution in [1.29, 1.82) is 0 Å². The van der Waals surface area contributed by atoms with Gasteiger partial charge in [0.05, 0.1) is 30.6 Å². The summed E-state index contributed by atoms with van der Waals surface area (Å²) in [5, 5.41) is 5.09. The van der Waals surface area contributed by atoms with Crippen molar-refractivity contribution in [2.75, 3.05) is 24.3 Å². The van der Waals surface area contributed by atoms with Gasteiger partial charge in [-0.3, -0.25) is 4.79 Å². The number of carbonyl (C=O) groups excluding carboxylic acids is 1. The monoisotopic (exact) mass is 324 g/mol. The molecule has 0 unspecified atom stereocenters. The van der Waals surface area contributed by atoms with E-state index < -0.39 is 17.6 Å². The lowest BCUT2D eigenvalue weighted by Gasteiger charge is -2.14. The van der Waals surface area contributed by atoms with Crippen LogP contribution in [0.3, 0.4) is 0 Å². The van der Waals surface area contributed by atoms with Crippen LogP contribution in [0, 0.1) is 0 Å². The average molecular weight is 324 g/mol. The summed E-state index contributed by atoms with van der Waals surface area (Å²) in [4.78, 5) is 11.9. The molecule has 0 aromatic heterocycles. The summed E-state index contributed by atoms with van der Waals surface area (Å²) >= 11 is 0. The molecule has 0 spiro atoms. The molecule has 0 aliphatic carbocycles. The molecule has 0 atom stereocenters. The maximum Gasteiger partial charge on any atom is 0.418 e. The topological polar surface area (TPSA) is 50.4 Å². The number of hydrogen-bond acceptors (Lipinski definition) is 3. The molecule has 2 N–H and O–H groups in total.